The summed E-state index contributed by atoms with van der Waals surface area (Å²) in [6.45, 7) is 8.31. The van der Waals surface area contributed by atoms with E-state index < -0.39 is 0 Å². The van der Waals surface area contributed by atoms with Crippen molar-refractivity contribution in [2.45, 2.75) is 40.5 Å². The van der Waals surface area contributed by atoms with E-state index in [0.29, 0.717) is 5.82 Å². The van der Waals surface area contributed by atoms with Crippen LogP contribution in [0.2, 0.25) is 0 Å². The van der Waals surface area contributed by atoms with Crippen LogP contribution in [0.5, 0.6) is 0 Å². The monoisotopic (exact) mass is 348 g/mol. The Kier molecular flexibility index (Phi) is 3.83. The van der Waals surface area contributed by atoms with Gasteiger partial charge in [-0.3, -0.25) is 4.79 Å². The zero-order valence-electron chi connectivity index (χ0n) is 16.0. The normalized spacial score (nSPS) is 14.0. The largest absolute Gasteiger partial charge is 0.340 e. The van der Waals surface area contributed by atoms with Crippen LogP contribution in [-0.2, 0) is 11.8 Å². The number of nitrogens with one attached hydrogen (secondary N) is 1. The quantitative estimate of drug-likeness (QED) is 0.771. The third-order valence-electron chi connectivity index (χ3n) is 5.32. The average molecular weight is 348 g/mol. The van der Waals surface area contributed by atoms with Gasteiger partial charge in [-0.1, -0.05) is 0 Å². The summed E-state index contributed by atoms with van der Waals surface area (Å²) in [4.78, 5) is 21.5. The molecule has 2 aromatic heterocycles. The molecule has 5 nitrogen and oxygen atoms in total. The van der Waals surface area contributed by atoms with Crippen LogP contribution in [0.25, 0.3) is 22.0 Å². The molecule has 1 aromatic carbocycles. The first-order valence-corrected chi connectivity index (χ1v) is 9.07. The summed E-state index contributed by atoms with van der Waals surface area (Å²) in [7, 11) is 1.98. The maximum atomic E-state index is 12.2. The predicted octanol–water partition coefficient (Wildman–Crippen LogP) is 4.22. The van der Waals surface area contributed by atoms with E-state index in [1.807, 2.05) is 38.0 Å². The molecule has 5 heteroatoms. The molecule has 0 bridgehead atoms. The van der Waals surface area contributed by atoms with Crippen molar-refractivity contribution in [2.75, 3.05) is 5.32 Å². The van der Waals surface area contributed by atoms with Crippen molar-refractivity contribution in [3.63, 3.8) is 0 Å². The van der Waals surface area contributed by atoms with Gasteiger partial charge >= 0.3 is 0 Å². The molecule has 0 unspecified atom stereocenters. The fraction of sp³-hybridized carbons (Fsp3) is 0.381. The molecule has 1 N–H and O–H groups in total. The number of benzene rings is 1. The van der Waals surface area contributed by atoms with Gasteiger partial charge in [-0.05, 0) is 68.7 Å². The minimum Gasteiger partial charge on any atom is -0.340 e. The Balaban J connectivity index is 1.93. The molecule has 1 amide bonds. The molecule has 1 saturated carbocycles. The molecule has 0 atom stereocenters. The van der Waals surface area contributed by atoms with Gasteiger partial charge in [0.05, 0.1) is 12.0 Å². The minimum absolute atomic E-state index is 0.0917. The van der Waals surface area contributed by atoms with Crippen LogP contribution in [-0.4, -0.2) is 20.4 Å². The summed E-state index contributed by atoms with van der Waals surface area (Å²) >= 11 is 0. The van der Waals surface area contributed by atoms with Crippen molar-refractivity contribution < 1.29 is 4.79 Å². The number of carbonyl (C=O) groups excluding carboxylic acids is 1. The van der Waals surface area contributed by atoms with Crippen molar-refractivity contribution in [1.29, 1.82) is 0 Å². The van der Waals surface area contributed by atoms with E-state index in [2.05, 4.69) is 35.2 Å². The molecule has 2 heterocycles. The number of hydrogen-bond donors (Lipinski definition) is 1. The fourth-order valence-corrected chi connectivity index (χ4v) is 3.80. The number of fused-ring (bicyclic) bond motifs is 1. The lowest BCUT2D eigenvalue weighted by atomic mass is 9.91. The molecule has 0 spiro atoms. The Morgan fingerprint density at radius 3 is 2.54 bits per heavy atom. The molecule has 1 aliphatic rings. The van der Waals surface area contributed by atoms with Crippen molar-refractivity contribution >= 4 is 22.5 Å². The number of aryl methyl sites for hydroxylation is 5. The molecule has 1 fully saturated rings. The second-order valence-electron chi connectivity index (χ2n) is 7.47. The van der Waals surface area contributed by atoms with Gasteiger partial charge in [0.25, 0.3) is 0 Å². The number of anilines is 1. The van der Waals surface area contributed by atoms with Gasteiger partial charge in [-0.2, -0.15) is 0 Å². The topological polar surface area (TPSA) is 59.8 Å². The second kappa shape index (κ2) is 5.94. The first-order chi connectivity index (χ1) is 12.4. The zero-order valence-corrected chi connectivity index (χ0v) is 16.0. The lowest BCUT2D eigenvalue weighted by molar-refractivity contribution is -0.117. The Bertz CT molecular complexity index is 1040. The van der Waals surface area contributed by atoms with E-state index in [1.165, 1.54) is 11.1 Å². The zero-order chi connectivity index (χ0) is 18.6. The Labute approximate surface area is 153 Å². The van der Waals surface area contributed by atoms with Gasteiger partial charge in [0.15, 0.2) is 0 Å². The lowest BCUT2D eigenvalue weighted by Crippen LogP contribution is -2.16. The van der Waals surface area contributed by atoms with Crippen LogP contribution in [0.4, 0.5) is 5.82 Å². The summed E-state index contributed by atoms with van der Waals surface area (Å²) in [6.07, 6.45) is 5.84. The van der Waals surface area contributed by atoms with Crippen molar-refractivity contribution in [3.05, 3.63) is 41.0 Å². The van der Waals surface area contributed by atoms with Gasteiger partial charge in [-0.25, -0.2) is 9.97 Å². The molecular weight excluding hydrogens is 324 g/mol. The lowest BCUT2D eigenvalue weighted by Gasteiger charge is -2.18. The van der Waals surface area contributed by atoms with Crippen LogP contribution < -0.4 is 5.32 Å². The third kappa shape index (κ3) is 2.68. The van der Waals surface area contributed by atoms with E-state index in [9.17, 15) is 4.79 Å². The Morgan fingerprint density at radius 2 is 1.92 bits per heavy atom. The first-order valence-electron chi connectivity index (χ1n) is 9.07. The molecule has 1 aliphatic carbocycles. The van der Waals surface area contributed by atoms with E-state index in [4.69, 9.17) is 0 Å². The van der Waals surface area contributed by atoms with Crippen molar-refractivity contribution in [2.24, 2.45) is 13.0 Å². The van der Waals surface area contributed by atoms with Gasteiger partial charge < -0.3 is 9.88 Å². The van der Waals surface area contributed by atoms with E-state index in [1.54, 1.807) is 0 Å². The number of amides is 1. The molecule has 26 heavy (non-hydrogen) atoms. The van der Waals surface area contributed by atoms with E-state index >= 15 is 0 Å². The minimum atomic E-state index is 0.0917. The molecule has 0 radical (unpaired) electrons. The highest BCUT2D eigenvalue weighted by Gasteiger charge is 2.30. The summed E-state index contributed by atoms with van der Waals surface area (Å²) in [5.74, 6) is 0.940. The van der Waals surface area contributed by atoms with Crippen molar-refractivity contribution in [3.8, 4) is 11.3 Å². The smallest absolute Gasteiger partial charge is 0.228 e. The van der Waals surface area contributed by atoms with Gasteiger partial charge in [0.1, 0.15) is 5.82 Å². The summed E-state index contributed by atoms with van der Waals surface area (Å²) in [6, 6.07) is 2.19. The Hall–Kier alpha value is -2.69. The van der Waals surface area contributed by atoms with Crippen LogP contribution >= 0.6 is 0 Å². The summed E-state index contributed by atoms with van der Waals surface area (Å²) < 4.78 is 1.96. The third-order valence-corrected chi connectivity index (χ3v) is 5.32. The van der Waals surface area contributed by atoms with Crippen LogP contribution in [0.15, 0.2) is 18.6 Å². The molecule has 3 aromatic rings. The Morgan fingerprint density at radius 1 is 1.19 bits per heavy atom. The molecule has 4 rings (SSSR count). The van der Waals surface area contributed by atoms with Crippen molar-refractivity contribution in [1.82, 2.24) is 14.5 Å². The maximum absolute atomic E-state index is 12.2. The summed E-state index contributed by atoms with van der Waals surface area (Å²) in [5.41, 5.74) is 6.47. The SMILES string of the molecule is Cc1cc2c(C)nc(NC(=O)C3CC3)c(C)c2c(C)c1-c1cn(C)cn1. The fourth-order valence-electron chi connectivity index (χ4n) is 3.80. The number of hydrogen-bond acceptors (Lipinski definition) is 3. The number of carbonyl (C=O) groups is 1. The van der Waals surface area contributed by atoms with Gasteiger partial charge in [0.2, 0.25) is 5.91 Å². The highest BCUT2D eigenvalue weighted by atomic mass is 16.2. The molecule has 0 saturated heterocycles. The van der Waals surface area contributed by atoms with E-state index in [0.717, 1.165) is 46.1 Å². The van der Waals surface area contributed by atoms with Crippen LogP contribution in [0.3, 0.4) is 0 Å². The predicted molar refractivity (Wildman–Crippen MR) is 104 cm³/mol. The average Bonchev–Trinajstić information content (AvgIpc) is 3.35. The molecule has 0 aliphatic heterocycles. The standard InChI is InChI=1S/C21H24N4O/c1-11-8-16-14(4)23-20(24-21(26)15-6-7-15)13(3)19(16)12(2)18(11)17-9-25(5)10-22-17/h8-10,15H,6-7H2,1-5H3,(H,23,24,26). The van der Waals surface area contributed by atoms with Gasteiger partial charge in [0, 0.05) is 35.8 Å². The molecule has 134 valence electrons. The number of nitrogens with zero attached hydrogens (tertiary/aromatic N) is 3. The highest BCUT2D eigenvalue weighted by molar-refractivity contribution is 6.01. The number of rotatable bonds is 3. The van der Waals surface area contributed by atoms with Gasteiger partial charge in [-0.15, -0.1) is 0 Å². The first kappa shape index (κ1) is 16.8. The number of aromatic nitrogens is 3. The van der Waals surface area contributed by atoms with Crippen LogP contribution in [0.1, 0.15) is 35.2 Å². The number of imidazole rings is 1. The van der Waals surface area contributed by atoms with E-state index in [-0.39, 0.29) is 11.8 Å². The second-order valence-corrected chi connectivity index (χ2v) is 7.47. The highest BCUT2D eigenvalue weighted by Crippen LogP contribution is 2.37. The summed E-state index contributed by atoms with van der Waals surface area (Å²) in [5, 5.41) is 5.34. The number of pyridine rings is 1. The maximum Gasteiger partial charge on any atom is 0.228 e. The molecular formula is C21H24N4O. The van der Waals surface area contributed by atoms with Crippen LogP contribution in [0, 0.1) is 33.6 Å².